The molecule has 2 aliphatic heterocycles. The van der Waals surface area contributed by atoms with Gasteiger partial charge in [-0.3, -0.25) is 9.59 Å². The number of likely N-dealkylation sites (tertiary alicyclic amines) is 1. The van der Waals surface area contributed by atoms with E-state index in [2.05, 4.69) is 31.2 Å². The molecule has 6 heteroatoms. The molecule has 0 saturated carbocycles. The quantitative estimate of drug-likeness (QED) is 0.744. The van der Waals surface area contributed by atoms with Gasteiger partial charge in [0, 0.05) is 26.7 Å². The number of carbonyl (C=O) groups is 2. The molecule has 2 aromatic rings. The molecule has 0 bridgehead atoms. The van der Waals surface area contributed by atoms with Crippen molar-refractivity contribution in [3.05, 3.63) is 59.7 Å². The molecule has 2 heterocycles. The van der Waals surface area contributed by atoms with Gasteiger partial charge in [-0.25, -0.2) is 0 Å². The number of benzene rings is 2. The van der Waals surface area contributed by atoms with Crippen LogP contribution in [0.2, 0.25) is 0 Å². The number of likely N-dealkylation sites (N-methyl/N-ethyl adjacent to an activating group) is 1. The van der Waals surface area contributed by atoms with Crippen LogP contribution in [0.15, 0.2) is 48.5 Å². The summed E-state index contributed by atoms with van der Waals surface area (Å²) >= 11 is 0. The average molecular weight is 422 g/mol. The Bertz CT molecular complexity index is 922. The molecule has 0 aliphatic carbocycles. The smallest absolute Gasteiger partial charge is 0.265 e. The van der Waals surface area contributed by atoms with E-state index in [1.54, 1.807) is 4.90 Å². The number of hydrogen-bond acceptors (Lipinski definition) is 4. The maximum atomic E-state index is 13.1. The highest BCUT2D eigenvalue weighted by Crippen LogP contribution is 2.33. The summed E-state index contributed by atoms with van der Waals surface area (Å²) < 4.78 is 6.07. The molecule has 2 aromatic carbocycles. The Labute approximate surface area is 184 Å². The Kier molecular flexibility index (Phi) is 6.44. The van der Waals surface area contributed by atoms with Crippen LogP contribution in [0.4, 0.5) is 5.69 Å². The number of nitrogens with zero attached hydrogens (tertiary/aromatic N) is 3. The molecule has 1 fully saturated rings. The Balaban J connectivity index is 1.46. The van der Waals surface area contributed by atoms with Gasteiger partial charge in [-0.15, -0.1) is 0 Å². The number of rotatable bonds is 5. The van der Waals surface area contributed by atoms with Crippen molar-refractivity contribution in [2.24, 2.45) is 0 Å². The number of amides is 2. The fourth-order valence-corrected chi connectivity index (χ4v) is 4.24. The molecule has 164 valence electrons. The summed E-state index contributed by atoms with van der Waals surface area (Å²) in [6, 6.07) is 15.9. The first kappa shape index (κ1) is 21.2. The first-order chi connectivity index (χ1) is 15.0. The van der Waals surface area contributed by atoms with E-state index in [0.717, 1.165) is 37.2 Å². The largest absolute Gasteiger partial charge is 0.477 e. The lowest BCUT2D eigenvalue weighted by Gasteiger charge is -2.38. The van der Waals surface area contributed by atoms with Gasteiger partial charge in [0.25, 0.3) is 5.91 Å². The minimum absolute atomic E-state index is 0.0152. The number of fused-ring (bicyclic) bond motifs is 1. The van der Waals surface area contributed by atoms with Crippen molar-refractivity contribution in [3.63, 3.8) is 0 Å². The predicted octanol–water partition coefficient (Wildman–Crippen LogP) is 3.23. The standard InChI is InChI=1S/C25H31N3O3/c1-19-10-12-20(13-11-19)16-26(2)24(29)18-28-17-23(25(30)27-14-6-3-7-15-27)31-22-9-5-4-8-21(22)28/h4-5,8-13,23H,3,6-7,14-18H2,1-2H3. The lowest BCUT2D eigenvalue weighted by atomic mass is 10.1. The van der Waals surface area contributed by atoms with E-state index in [-0.39, 0.29) is 18.4 Å². The van der Waals surface area contributed by atoms with Gasteiger partial charge in [-0.05, 0) is 43.9 Å². The van der Waals surface area contributed by atoms with E-state index in [1.165, 1.54) is 12.0 Å². The maximum absolute atomic E-state index is 13.1. The van der Waals surface area contributed by atoms with E-state index in [1.807, 2.05) is 41.1 Å². The van der Waals surface area contributed by atoms with Crippen molar-refractivity contribution in [1.29, 1.82) is 0 Å². The summed E-state index contributed by atoms with van der Waals surface area (Å²) in [6.07, 6.45) is 2.68. The minimum atomic E-state index is -0.580. The third-order valence-corrected chi connectivity index (χ3v) is 6.10. The number of para-hydroxylation sites is 2. The van der Waals surface area contributed by atoms with E-state index in [9.17, 15) is 9.59 Å². The molecule has 31 heavy (non-hydrogen) atoms. The number of aryl methyl sites for hydroxylation is 1. The average Bonchev–Trinajstić information content (AvgIpc) is 2.80. The third-order valence-electron chi connectivity index (χ3n) is 6.10. The molecule has 0 aromatic heterocycles. The van der Waals surface area contributed by atoms with Crippen LogP contribution in [0.5, 0.6) is 5.75 Å². The Hall–Kier alpha value is -3.02. The van der Waals surface area contributed by atoms with Crippen LogP contribution in [-0.4, -0.2) is 60.9 Å². The maximum Gasteiger partial charge on any atom is 0.265 e. The number of anilines is 1. The van der Waals surface area contributed by atoms with Crippen molar-refractivity contribution in [2.45, 2.75) is 38.8 Å². The third kappa shape index (κ3) is 5.01. The molecule has 1 saturated heterocycles. The summed E-state index contributed by atoms with van der Waals surface area (Å²) in [5.74, 6) is 0.708. The predicted molar refractivity (Wildman–Crippen MR) is 121 cm³/mol. The van der Waals surface area contributed by atoms with Crippen molar-refractivity contribution >= 4 is 17.5 Å². The van der Waals surface area contributed by atoms with Gasteiger partial charge >= 0.3 is 0 Å². The minimum Gasteiger partial charge on any atom is -0.477 e. The van der Waals surface area contributed by atoms with Crippen LogP contribution in [0.25, 0.3) is 0 Å². The molecular weight excluding hydrogens is 390 g/mol. The Morgan fingerprint density at radius 1 is 1.03 bits per heavy atom. The second kappa shape index (κ2) is 9.41. The zero-order valence-electron chi connectivity index (χ0n) is 18.4. The fraction of sp³-hybridized carbons (Fsp3) is 0.440. The fourth-order valence-electron chi connectivity index (χ4n) is 4.24. The summed E-state index contributed by atoms with van der Waals surface area (Å²) in [5, 5.41) is 0. The normalized spacial score (nSPS) is 18.2. The van der Waals surface area contributed by atoms with E-state index >= 15 is 0 Å². The van der Waals surface area contributed by atoms with Crippen LogP contribution in [0.3, 0.4) is 0 Å². The number of piperidine rings is 1. The molecule has 2 aliphatic rings. The zero-order valence-corrected chi connectivity index (χ0v) is 18.4. The van der Waals surface area contributed by atoms with Crippen LogP contribution >= 0.6 is 0 Å². The van der Waals surface area contributed by atoms with Crippen molar-refractivity contribution in [2.75, 3.05) is 38.1 Å². The summed E-state index contributed by atoms with van der Waals surface area (Å²) in [5.41, 5.74) is 3.16. The second-order valence-electron chi connectivity index (χ2n) is 8.58. The number of carbonyl (C=O) groups excluding carboxylic acids is 2. The van der Waals surface area contributed by atoms with Gasteiger partial charge in [0.15, 0.2) is 6.10 Å². The number of hydrogen-bond donors (Lipinski definition) is 0. The second-order valence-corrected chi connectivity index (χ2v) is 8.58. The molecule has 0 radical (unpaired) electrons. The van der Waals surface area contributed by atoms with Crippen molar-refractivity contribution < 1.29 is 14.3 Å². The van der Waals surface area contributed by atoms with E-state index in [0.29, 0.717) is 18.8 Å². The van der Waals surface area contributed by atoms with E-state index in [4.69, 9.17) is 4.74 Å². The van der Waals surface area contributed by atoms with Crippen LogP contribution < -0.4 is 9.64 Å². The SMILES string of the molecule is Cc1ccc(CN(C)C(=O)CN2CC(C(=O)N3CCCCC3)Oc3ccccc32)cc1. The first-order valence-corrected chi connectivity index (χ1v) is 11.1. The molecule has 2 amide bonds. The van der Waals surface area contributed by atoms with Crippen molar-refractivity contribution in [3.8, 4) is 5.75 Å². The van der Waals surface area contributed by atoms with Crippen molar-refractivity contribution in [1.82, 2.24) is 9.80 Å². The summed E-state index contributed by atoms with van der Waals surface area (Å²) in [7, 11) is 1.82. The van der Waals surface area contributed by atoms with Gasteiger partial charge in [0.05, 0.1) is 18.8 Å². The molecule has 0 spiro atoms. The Morgan fingerprint density at radius 3 is 2.48 bits per heavy atom. The molecule has 4 rings (SSSR count). The lowest BCUT2D eigenvalue weighted by Crippen LogP contribution is -2.53. The van der Waals surface area contributed by atoms with Crippen LogP contribution in [0, 0.1) is 6.92 Å². The molecule has 1 atom stereocenters. The van der Waals surface area contributed by atoms with Crippen LogP contribution in [0.1, 0.15) is 30.4 Å². The number of ether oxygens (including phenoxy) is 1. The Morgan fingerprint density at radius 2 is 1.74 bits per heavy atom. The summed E-state index contributed by atoms with van der Waals surface area (Å²) in [6.45, 7) is 4.79. The van der Waals surface area contributed by atoms with Gasteiger partial charge in [0.1, 0.15) is 5.75 Å². The molecule has 0 N–H and O–H groups in total. The monoisotopic (exact) mass is 421 g/mol. The highest BCUT2D eigenvalue weighted by atomic mass is 16.5. The highest BCUT2D eigenvalue weighted by molar-refractivity contribution is 5.86. The molecule has 1 unspecified atom stereocenters. The lowest BCUT2D eigenvalue weighted by molar-refractivity contribution is -0.139. The zero-order chi connectivity index (χ0) is 21.8. The molecule has 6 nitrogen and oxygen atoms in total. The topological polar surface area (TPSA) is 53.1 Å². The highest BCUT2D eigenvalue weighted by Gasteiger charge is 2.34. The van der Waals surface area contributed by atoms with Gasteiger partial charge in [-0.2, -0.15) is 0 Å². The van der Waals surface area contributed by atoms with Gasteiger partial charge in [-0.1, -0.05) is 42.0 Å². The van der Waals surface area contributed by atoms with Crippen LogP contribution in [-0.2, 0) is 16.1 Å². The summed E-state index contributed by atoms with van der Waals surface area (Å²) in [4.78, 5) is 31.7. The van der Waals surface area contributed by atoms with E-state index < -0.39 is 6.10 Å². The molecular formula is C25H31N3O3. The van der Waals surface area contributed by atoms with Gasteiger partial charge < -0.3 is 19.4 Å². The van der Waals surface area contributed by atoms with Gasteiger partial charge in [0.2, 0.25) is 5.91 Å². The first-order valence-electron chi connectivity index (χ1n) is 11.1.